The van der Waals surface area contributed by atoms with Gasteiger partial charge >= 0.3 is 0 Å². The summed E-state index contributed by atoms with van der Waals surface area (Å²) in [5.41, 5.74) is 10.0. The lowest BCUT2D eigenvalue weighted by molar-refractivity contribution is 0.476. The van der Waals surface area contributed by atoms with E-state index >= 15 is 0 Å². The zero-order valence-electron chi connectivity index (χ0n) is 20.9. The lowest BCUT2D eigenvalue weighted by Crippen LogP contribution is -2.04. The predicted molar refractivity (Wildman–Crippen MR) is 133 cm³/mol. The van der Waals surface area contributed by atoms with Crippen molar-refractivity contribution in [2.24, 2.45) is 35.5 Å². The van der Waals surface area contributed by atoms with Gasteiger partial charge in [0, 0.05) is 0 Å². The normalized spacial score (nSPS) is 36.3. The minimum atomic E-state index is 0.764. The van der Waals surface area contributed by atoms with Gasteiger partial charge in [0.05, 0.1) is 0 Å². The lowest BCUT2D eigenvalue weighted by Gasteiger charge is -2.18. The van der Waals surface area contributed by atoms with Crippen LogP contribution in [0.4, 0.5) is 0 Å². The van der Waals surface area contributed by atoms with E-state index in [1.807, 2.05) is 11.1 Å². The van der Waals surface area contributed by atoms with Crippen LogP contribution in [0.5, 0.6) is 0 Å². The minimum absolute atomic E-state index is 0.764. The van der Waals surface area contributed by atoms with Crippen LogP contribution in [0.3, 0.4) is 0 Å². The van der Waals surface area contributed by atoms with Crippen molar-refractivity contribution in [3.05, 3.63) is 46.6 Å². The monoisotopic (exact) mass is 408 g/mol. The van der Waals surface area contributed by atoms with Crippen LogP contribution in [0.1, 0.15) is 106 Å². The molecule has 168 valence electrons. The molecule has 0 heterocycles. The summed E-state index contributed by atoms with van der Waals surface area (Å²) in [4.78, 5) is 0. The fraction of sp³-hybridized carbons (Fsp3) is 0.733. The number of allylic oxidation sites excluding steroid dienone is 6. The second-order valence-corrected chi connectivity index (χ2v) is 11.4. The molecular formula is C30H48. The van der Waals surface area contributed by atoms with E-state index in [9.17, 15) is 0 Å². The molecule has 30 heavy (non-hydrogen) atoms. The summed E-state index contributed by atoms with van der Waals surface area (Å²) in [5.74, 6) is 4.91. The van der Waals surface area contributed by atoms with Crippen molar-refractivity contribution >= 4 is 0 Å². The molecule has 0 saturated carbocycles. The summed E-state index contributed by atoms with van der Waals surface area (Å²) in [6, 6.07) is 0. The van der Waals surface area contributed by atoms with E-state index in [0.29, 0.717) is 0 Å². The van der Waals surface area contributed by atoms with Crippen molar-refractivity contribution in [3.63, 3.8) is 0 Å². The number of hydrogen-bond acceptors (Lipinski definition) is 0. The fourth-order valence-corrected chi connectivity index (χ4v) is 6.66. The highest BCUT2D eigenvalue weighted by Gasteiger charge is 2.31. The molecule has 0 fully saturated rings. The third-order valence-electron chi connectivity index (χ3n) is 9.12. The maximum Gasteiger partial charge on any atom is -0.0171 e. The van der Waals surface area contributed by atoms with Crippen molar-refractivity contribution in [1.82, 2.24) is 0 Å². The molecule has 4 rings (SSSR count). The SMILES string of the molecule is C=C(C)[C@H]1CC[C@@H](C)C2=C(C1)[C@H](C)CC2.C=C(C)[C@H]1CC[C@@H](C)C2=C(C1)[C@H](C)CC2. The molecule has 0 N–H and O–H groups in total. The largest absolute Gasteiger partial charge is 0.0998 e. The second kappa shape index (κ2) is 10.1. The molecular weight excluding hydrogens is 360 g/mol. The standard InChI is InChI=1S/2C15H24/c2*1-10(2)13-7-5-11(3)14-8-6-12(4)15(14)9-13/h2*11-13H,1,5-9H2,2-4H3/t2*11-,12-,13+/m11/s1. The molecule has 0 bridgehead atoms. The van der Waals surface area contributed by atoms with Gasteiger partial charge in [0.1, 0.15) is 0 Å². The average Bonchev–Trinajstić information content (AvgIpc) is 3.11. The van der Waals surface area contributed by atoms with E-state index in [0.717, 1.165) is 35.5 Å². The van der Waals surface area contributed by atoms with Gasteiger partial charge in [0.2, 0.25) is 0 Å². The molecule has 0 aliphatic heterocycles. The van der Waals surface area contributed by atoms with E-state index in [-0.39, 0.29) is 0 Å². The van der Waals surface area contributed by atoms with Crippen molar-refractivity contribution in [3.8, 4) is 0 Å². The molecule has 4 aliphatic rings. The van der Waals surface area contributed by atoms with Crippen LogP contribution >= 0.6 is 0 Å². The zero-order valence-corrected chi connectivity index (χ0v) is 20.9. The smallest absolute Gasteiger partial charge is 0.0171 e. The van der Waals surface area contributed by atoms with Crippen molar-refractivity contribution in [1.29, 1.82) is 0 Å². The van der Waals surface area contributed by atoms with Gasteiger partial charge in [-0.1, -0.05) is 74.3 Å². The van der Waals surface area contributed by atoms with Crippen molar-refractivity contribution in [2.75, 3.05) is 0 Å². The third-order valence-corrected chi connectivity index (χ3v) is 9.12. The second-order valence-electron chi connectivity index (χ2n) is 11.4. The van der Waals surface area contributed by atoms with Gasteiger partial charge in [-0.05, 0) is 114 Å². The summed E-state index contributed by atoms with van der Waals surface area (Å²) in [5, 5.41) is 0. The average molecular weight is 409 g/mol. The van der Waals surface area contributed by atoms with Crippen LogP contribution < -0.4 is 0 Å². The minimum Gasteiger partial charge on any atom is -0.0998 e. The highest BCUT2D eigenvalue weighted by molar-refractivity contribution is 5.28. The van der Waals surface area contributed by atoms with Gasteiger partial charge in [-0.3, -0.25) is 0 Å². The Morgan fingerprint density at radius 3 is 1.20 bits per heavy atom. The first-order chi connectivity index (χ1) is 14.2. The van der Waals surface area contributed by atoms with Crippen molar-refractivity contribution < 1.29 is 0 Å². The molecule has 0 saturated heterocycles. The van der Waals surface area contributed by atoms with Crippen LogP contribution in [0.2, 0.25) is 0 Å². The molecule has 0 aromatic rings. The number of rotatable bonds is 2. The molecule has 0 aromatic carbocycles. The van der Waals surface area contributed by atoms with Crippen molar-refractivity contribution in [2.45, 2.75) is 106 Å². The summed E-state index contributed by atoms with van der Waals surface area (Å²) in [7, 11) is 0. The molecule has 0 spiro atoms. The van der Waals surface area contributed by atoms with E-state index in [1.54, 1.807) is 11.1 Å². The zero-order chi connectivity index (χ0) is 22.0. The Labute approximate surface area is 188 Å². The van der Waals surface area contributed by atoms with Gasteiger partial charge in [0.15, 0.2) is 0 Å². The molecule has 0 nitrogen and oxygen atoms in total. The van der Waals surface area contributed by atoms with Gasteiger partial charge in [0.25, 0.3) is 0 Å². The summed E-state index contributed by atoms with van der Waals surface area (Å²) < 4.78 is 0. The Hall–Kier alpha value is -1.04. The maximum atomic E-state index is 4.16. The first-order valence-electron chi connectivity index (χ1n) is 12.9. The van der Waals surface area contributed by atoms with E-state index < -0.39 is 0 Å². The predicted octanol–water partition coefficient (Wildman–Crippen LogP) is 9.45. The Morgan fingerprint density at radius 2 is 0.867 bits per heavy atom. The Balaban J connectivity index is 0.000000171. The van der Waals surface area contributed by atoms with Crippen LogP contribution in [0.25, 0.3) is 0 Å². The quantitative estimate of drug-likeness (QED) is 0.399. The van der Waals surface area contributed by atoms with Crippen LogP contribution in [-0.4, -0.2) is 0 Å². The Bertz CT molecular complexity index is 652. The third kappa shape index (κ3) is 5.23. The van der Waals surface area contributed by atoms with E-state index in [1.165, 1.54) is 75.4 Å². The van der Waals surface area contributed by atoms with Crippen LogP contribution in [0, 0.1) is 35.5 Å². The van der Waals surface area contributed by atoms with Gasteiger partial charge in [-0.15, -0.1) is 0 Å². The number of hydrogen-bond donors (Lipinski definition) is 0. The van der Waals surface area contributed by atoms with Gasteiger partial charge in [-0.25, -0.2) is 0 Å². The molecule has 0 aromatic heterocycles. The molecule has 0 radical (unpaired) electrons. The van der Waals surface area contributed by atoms with E-state index in [2.05, 4.69) is 54.7 Å². The highest BCUT2D eigenvalue weighted by Crippen LogP contribution is 2.46. The molecule has 6 atom stereocenters. The molecule has 0 heteroatoms. The summed E-state index contributed by atoms with van der Waals surface area (Å²) >= 11 is 0. The lowest BCUT2D eigenvalue weighted by atomic mass is 9.88. The van der Waals surface area contributed by atoms with Gasteiger partial charge in [-0.2, -0.15) is 0 Å². The van der Waals surface area contributed by atoms with E-state index in [4.69, 9.17) is 0 Å². The van der Waals surface area contributed by atoms with Gasteiger partial charge < -0.3 is 0 Å². The topological polar surface area (TPSA) is 0 Å². The van der Waals surface area contributed by atoms with Crippen LogP contribution in [0.15, 0.2) is 46.6 Å². The molecule has 0 amide bonds. The Kier molecular flexibility index (Phi) is 7.92. The first-order valence-corrected chi connectivity index (χ1v) is 12.9. The Morgan fingerprint density at radius 1 is 0.533 bits per heavy atom. The summed E-state index contributed by atoms with van der Waals surface area (Å²) in [6.45, 7) is 22.4. The van der Waals surface area contributed by atoms with Crippen LogP contribution in [-0.2, 0) is 0 Å². The molecule has 4 aliphatic carbocycles. The first kappa shape index (κ1) is 23.6. The summed E-state index contributed by atoms with van der Waals surface area (Å²) in [6.07, 6.45) is 13.7. The highest BCUT2D eigenvalue weighted by atomic mass is 14.4. The molecule has 0 unspecified atom stereocenters. The maximum absolute atomic E-state index is 4.16. The fourth-order valence-electron chi connectivity index (χ4n) is 6.66.